The predicted molar refractivity (Wildman–Crippen MR) is 113 cm³/mol. The Balaban J connectivity index is 1.28. The zero-order chi connectivity index (χ0) is 21.8. The van der Waals surface area contributed by atoms with Gasteiger partial charge in [-0.2, -0.15) is 0 Å². The van der Waals surface area contributed by atoms with Crippen LogP contribution in [0, 0.1) is 5.92 Å². The summed E-state index contributed by atoms with van der Waals surface area (Å²) < 4.78 is 34.0. The molecule has 1 amide bonds. The van der Waals surface area contributed by atoms with E-state index in [9.17, 15) is 13.2 Å². The van der Waals surface area contributed by atoms with Gasteiger partial charge >= 0.3 is 0 Å². The van der Waals surface area contributed by atoms with Crippen molar-refractivity contribution in [3.63, 3.8) is 0 Å². The van der Waals surface area contributed by atoms with Gasteiger partial charge in [0, 0.05) is 31.0 Å². The molecule has 0 aliphatic carbocycles. The maximum atomic E-state index is 12.3. The summed E-state index contributed by atoms with van der Waals surface area (Å²) in [5.74, 6) is 1.19. The van der Waals surface area contributed by atoms with Gasteiger partial charge in [-0.3, -0.25) is 9.78 Å². The molecule has 8 nitrogen and oxygen atoms in total. The van der Waals surface area contributed by atoms with Crippen LogP contribution in [0.25, 0.3) is 11.3 Å². The first-order chi connectivity index (χ1) is 14.9. The molecule has 162 valence electrons. The minimum absolute atomic E-state index is 0.124. The number of hydrogen-bond donors (Lipinski definition) is 0. The van der Waals surface area contributed by atoms with Crippen LogP contribution in [0.4, 0.5) is 0 Å². The van der Waals surface area contributed by atoms with Crippen LogP contribution in [0.1, 0.15) is 23.4 Å². The Kier molecular flexibility index (Phi) is 6.03. The van der Waals surface area contributed by atoms with E-state index in [1.165, 1.54) is 12.5 Å². The quantitative estimate of drug-likeness (QED) is 0.579. The van der Waals surface area contributed by atoms with Gasteiger partial charge in [-0.1, -0.05) is 17.3 Å². The van der Waals surface area contributed by atoms with Crippen LogP contribution in [0.15, 0.2) is 64.3 Å². The zero-order valence-corrected chi connectivity index (χ0v) is 17.9. The highest BCUT2D eigenvalue weighted by molar-refractivity contribution is 7.90. The van der Waals surface area contributed by atoms with Crippen LogP contribution >= 0.6 is 0 Å². The second-order valence-electron chi connectivity index (χ2n) is 7.60. The van der Waals surface area contributed by atoms with E-state index in [0.717, 1.165) is 24.1 Å². The molecule has 2 aromatic heterocycles. The average molecular weight is 442 g/mol. The maximum absolute atomic E-state index is 12.3. The van der Waals surface area contributed by atoms with E-state index >= 15 is 0 Å². The van der Waals surface area contributed by atoms with Gasteiger partial charge in [0.05, 0.1) is 29.6 Å². The number of piperidine rings is 1. The lowest BCUT2D eigenvalue weighted by atomic mass is 9.97. The molecule has 1 aliphatic heterocycles. The van der Waals surface area contributed by atoms with Crippen molar-refractivity contribution >= 4 is 15.7 Å². The Morgan fingerprint density at radius 1 is 1.13 bits per heavy atom. The van der Waals surface area contributed by atoms with Crippen molar-refractivity contribution in [2.75, 3.05) is 26.0 Å². The molecule has 0 N–H and O–H groups in total. The molecule has 3 heterocycles. The summed E-state index contributed by atoms with van der Waals surface area (Å²) in [5, 5.41) is 3.58. The van der Waals surface area contributed by atoms with Gasteiger partial charge in [-0.25, -0.2) is 8.42 Å². The second-order valence-corrected chi connectivity index (χ2v) is 9.61. The highest BCUT2D eigenvalue weighted by Crippen LogP contribution is 2.23. The number of benzene rings is 1. The van der Waals surface area contributed by atoms with Crippen molar-refractivity contribution in [2.45, 2.75) is 17.7 Å². The van der Waals surface area contributed by atoms with Crippen LogP contribution < -0.4 is 4.74 Å². The minimum Gasteiger partial charge on any atom is -0.492 e. The van der Waals surface area contributed by atoms with E-state index in [1.807, 2.05) is 12.1 Å². The van der Waals surface area contributed by atoms with Crippen LogP contribution in [0.2, 0.25) is 0 Å². The number of nitrogens with zero attached hydrogens (tertiary/aromatic N) is 3. The van der Waals surface area contributed by atoms with Crippen molar-refractivity contribution in [3.05, 3.63) is 60.6 Å². The van der Waals surface area contributed by atoms with E-state index in [-0.39, 0.29) is 16.6 Å². The number of hydrogen-bond acceptors (Lipinski definition) is 7. The van der Waals surface area contributed by atoms with Crippen LogP contribution in [-0.4, -0.2) is 55.3 Å². The van der Waals surface area contributed by atoms with Gasteiger partial charge in [0.2, 0.25) is 5.76 Å². The van der Waals surface area contributed by atoms with E-state index in [4.69, 9.17) is 9.26 Å². The molecule has 1 saturated heterocycles. The molecular weight excluding hydrogens is 418 g/mol. The normalized spacial score (nSPS) is 15.1. The summed E-state index contributed by atoms with van der Waals surface area (Å²) >= 11 is 0. The molecule has 1 aliphatic rings. The SMILES string of the molecule is CS(=O)(=O)c1ccc(-c2ccc(OCC3CCN(C(=O)c4ccno4)CC3)cn2)cc1. The van der Waals surface area contributed by atoms with Crippen molar-refractivity contribution in [2.24, 2.45) is 5.92 Å². The Hall–Kier alpha value is -3.20. The maximum Gasteiger partial charge on any atom is 0.292 e. The highest BCUT2D eigenvalue weighted by Gasteiger charge is 2.25. The number of ether oxygens (including phenoxy) is 1. The van der Waals surface area contributed by atoms with Crippen LogP contribution in [0.5, 0.6) is 5.75 Å². The number of likely N-dealkylation sites (tertiary alicyclic amines) is 1. The molecule has 0 spiro atoms. The fourth-order valence-corrected chi connectivity index (χ4v) is 4.14. The summed E-state index contributed by atoms with van der Waals surface area (Å²) in [7, 11) is -3.22. The summed E-state index contributed by atoms with van der Waals surface area (Å²) in [6.07, 6.45) is 6.04. The number of sulfone groups is 1. The van der Waals surface area contributed by atoms with E-state index < -0.39 is 9.84 Å². The Bertz CT molecular complexity index is 1120. The summed E-state index contributed by atoms with van der Waals surface area (Å²) in [6.45, 7) is 1.89. The number of carbonyl (C=O) groups excluding carboxylic acids is 1. The zero-order valence-electron chi connectivity index (χ0n) is 17.1. The first-order valence-electron chi connectivity index (χ1n) is 9.99. The first kappa shape index (κ1) is 21.0. The summed E-state index contributed by atoms with van der Waals surface area (Å²) in [6, 6.07) is 11.9. The van der Waals surface area contributed by atoms with Crippen molar-refractivity contribution < 1.29 is 22.5 Å². The van der Waals surface area contributed by atoms with Gasteiger partial charge in [-0.15, -0.1) is 0 Å². The van der Waals surface area contributed by atoms with Gasteiger partial charge in [-0.05, 0) is 43.0 Å². The molecule has 0 atom stereocenters. The van der Waals surface area contributed by atoms with Crippen molar-refractivity contribution in [1.29, 1.82) is 0 Å². The highest BCUT2D eigenvalue weighted by atomic mass is 32.2. The van der Waals surface area contributed by atoms with Gasteiger partial charge in [0.1, 0.15) is 5.75 Å². The first-order valence-corrected chi connectivity index (χ1v) is 11.9. The molecule has 4 rings (SSSR count). The molecule has 1 fully saturated rings. The standard InChI is InChI=1S/C22H23N3O5S/c1-31(27,28)19-5-2-17(3-6-19)20-7-4-18(14-23-20)29-15-16-9-12-25(13-10-16)22(26)21-8-11-24-30-21/h2-8,11,14,16H,9-10,12-13,15H2,1H3. The Morgan fingerprint density at radius 2 is 1.87 bits per heavy atom. The smallest absolute Gasteiger partial charge is 0.292 e. The van der Waals surface area contributed by atoms with Gasteiger partial charge in [0.25, 0.3) is 5.91 Å². The van der Waals surface area contributed by atoms with Crippen molar-refractivity contribution in [1.82, 2.24) is 15.0 Å². The van der Waals surface area contributed by atoms with Crippen LogP contribution in [0.3, 0.4) is 0 Å². The molecule has 0 unspecified atom stereocenters. The molecule has 31 heavy (non-hydrogen) atoms. The largest absolute Gasteiger partial charge is 0.492 e. The van der Waals surface area contributed by atoms with Gasteiger partial charge < -0.3 is 14.2 Å². The van der Waals surface area contributed by atoms with E-state index in [1.54, 1.807) is 41.4 Å². The van der Waals surface area contributed by atoms with Gasteiger partial charge in [0.15, 0.2) is 9.84 Å². The minimum atomic E-state index is -3.22. The fourth-order valence-electron chi connectivity index (χ4n) is 3.51. The Morgan fingerprint density at radius 3 is 2.45 bits per heavy atom. The number of carbonyl (C=O) groups is 1. The molecule has 0 bridgehead atoms. The third-order valence-electron chi connectivity index (χ3n) is 5.35. The predicted octanol–water partition coefficient (Wildman–Crippen LogP) is 3.07. The molecule has 0 saturated carbocycles. The number of pyridine rings is 1. The fraction of sp³-hybridized carbons (Fsp3) is 0.318. The molecular formula is C22H23N3O5S. The average Bonchev–Trinajstić information content (AvgIpc) is 3.32. The van der Waals surface area contributed by atoms with E-state index in [2.05, 4.69) is 10.1 Å². The number of rotatable bonds is 6. The molecule has 9 heteroatoms. The lowest BCUT2D eigenvalue weighted by Crippen LogP contribution is -2.39. The van der Waals surface area contributed by atoms with E-state index in [0.29, 0.717) is 31.4 Å². The lowest BCUT2D eigenvalue weighted by Gasteiger charge is -2.31. The molecule has 1 aromatic carbocycles. The third kappa shape index (κ3) is 5.11. The second kappa shape index (κ2) is 8.89. The number of aromatic nitrogens is 2. The van der Waals surface area contributed by atoms with Crippen LogP contribution in [-0.2, 0) is 9.84 Å². The molecule has 3 aromatic rings. The van der Waals surface area contributed by atoms with Crippen molar-refractivity contribution in [3.8, 4) is 17.0 Å². The topological polar surface area (TPSA) is 103 Å². The Labute approximate surface area is 180 Å². The number of amides is 1. The summed E-state index contributed by atoms with van der Waals surface area (Å²) in [4.78, 5) is 18.8. The lowest BCUT2D eigenvalue weighted by molar-refractivity contribution is 0.0620. The summed E-state index contributed by atoms with van der Waals surface area (Å²) in [5.41, 5.74) is 1.58. The monoisotopic (exact) mass is 441 g/mol. The third-order valence-corrected chi connectivity index (χ3v) is 6.48. The molecule has 0 radical (unpaired) electrons.